The van der Waals surface area contributed by atoms with Crippen LogP contribution in [0.2, 0.25) is 0 Å². The van der Waals surface area contributed by atoms with E-state index >= 15 is 0 Å². The van der Waals surface area contributed by atoms with Gasteiger partial charge in [0, 0.05) is 34.7 Å². The van der Waals surface area contributed by atoms with E-state index in [0.29, 0.717) is 22.6 Å². The largest absolute Gasteiger partial charge is 0.496 e. The molecule has 0 saturated carbocycles. The molecule has 2 aromatic rings. The smallest absolute Gasteiger partial charge is 0.253 e. The zero-order valence-electron chi connectivity index (χ0n) is 16.0. The number of methoxy groups -OCH3 is 1. The second-order valence-electron chi connectivity index (χ2n) is 6.30. The Labute approximate surface area is 162 Å². The second-order valence-corrected chi connectivity index (χ2v) is 7.28. The van der Waals surface area contributed by atoms with Crippen molar-refractivity contribution in [3.8, 4) is 5.75 Å². The van der Waals surface area contributed by atoms with E-state index in [1.807, 2.05) is 19.9 Å². The van der Waals surface area contributed by atoms with Crippen LogP contribution in [0.5, 0.6) is 5.75 Å². The first-order valence-corrected chi connectivity index (χ1v) is 9.69. The molecule has 7 heteroatoms. The number of hydrogen-bond acceptors (Lipinski definition) is 5. The zero-order chi connectivity index (χ0) is 20.0. The first-order valence-electron chi connectivity index (χ1n) is 8.53. The molecule has 1 aromatic carbocycles. The van der Waals surface area contributed by atoms with E-state index in [0.717, 1.165) is 16.8 Å². The normalized spacial score (nSPS) is 10.5. The Balaban J connectivity index is 1.91. The fourth-order valence-electron chi connectivity index (χ4n) is 2.70. The minimum absolute atomic E-state index is 0.0136. The van der Waals surface area contributed by atoms with Gasteiger partial charge in [0.1, 0.15) is 5.75 Å². The Morgan fingerprint density at radius 2 is 1.96 bits per heavy atom. The molecule has 1 aromatic heterocycles. The fraction of sp³-hybridized carbons (Fsp3) is 0.350. The number of ketones is 1. The van der Waals surface area contributed by atoms with Gasteiger partial charge in [0.2, 0.25) is 5.91 Å². The number of pyridine rings is 1. The van der Waals surface area contributed by atoms with Gasteiger partial charge in [-0.15, -0.1) is 11.8 Å². The van der Waals surface area contributed by atoms with Gasteiger partial charge in [0.15, 0.2) is 5.78 Å². The number of thioether (sulfide) groups is 1. The van der Waals surface area contributed by atoms with Crippen molar-refractivity contribution < 1.29 is 14.3 Å². The number of carbonyl (C=O) groups is 2. The monoisotopic (exact) mass is 388 g/mol. The van der Waals surface area contributed by atoms with E-state index in [2.05, 4.69) is 10.3 Å². The highest BCUT2D eigenvalue weighted by molar-refractivity contribution is 7.99. The number of ether oxygens (including phenoxy) is 1. The number of aryl methyl sites for hydroxylation is 2. The Kier molecular flexibility index (Phi) is 7.24. The SMILES string of the molecule is COc1ccc(C(C)=O)cc1CSCC(=O)NCc1c(C)cc(C)[nH]c1=O. The van der Waals surface area contributed by atoms with Crippen molar-refractivity contribution in [3.63, 3.8) is 0 Å². The van der Waals surface area contributed by atoms with Gasteiger partial charge < -0.3 is 15.0 Å². The summed E-state index contributed by atoms with van der Waals surface area (Å²) in [4.78, 5) is 38.3. The van der Waals surface area contributed by atoms with Gasteiger partial charge in [0.25, 0.3) is 5.56 Å². The molecule has 0 aliphatic carbocycles. The summed E-state index contributed by atoms with van der Waals surface area (Å²) >= 11 is 1.42. The lowest BCUT2D eigenvalue weighted by atomic mass is 10.1. The standard InChI is InChI=1S/C20H24N2O4S/c1-12-7-13(2)22-20(25)17(12)9-21-19(24)11-27-10-16-8-15(14(3)23)5-6-18(16)26-4/h5-8H,9-11H2,1-4H3,(H,21,24)(H,22,25). The summed E-state index contributed by atoms with van der Waals surface area (Å²) in [6, 6.07) is 7.16. The summed E-state index contributed by atoms with van der Waals surface area (Å²) in [6.45, 7) is 5.39. The molecule has 0 saturated heterocycles. The number of Topliss-reactive ketones (excluding diaryl/α,β-unsaturated/α-hetero) is 1. The van der Waals surface area contributed by atoms with E-state index < -0.39 is 0 Å². The van der Waals surface area contributed by atoms with Gasteiger partial charge in [-0.1, -0.05) is 0 Å². The first kappa shape index (κ1) is 20.8. The lowest BCUT2D eigenvalue weighted by Gasteiger charge is -2.10. The van der Waals surface area contributed by atoms with Crippen LogP contribution in [-0.2, 0) is 17.1 Å². The van der Waals surface area contributed by atoms with Crippen molar-refractivity contribution in [3.05, 3.63) is 62.6 Å². The quantitative estimate of drug-likeness (QED) is 0.679. The Hall–Kier alpha value is -2.54. The average molecular weight is 388 g/mol. The zero-order valence-corrected chi connectivity index (χ0v) is 16.8. The first-order chi connectivity index (χ1) is 12.8. The van der Waals surface area contributed by atoms with Crippen molar-refractivity contribution in [2.45, 2.75) is 33.1 Å². The topological polar surface area (TPSA) is 88.3 Å². The molecule has 0 atom stereocenters. The van der Waals surface area contributed by atoms with Gasteiger partial charge in [-0.3, -0.25) is 14.4 Å². The summed E-state index contributed by atoms with van der Waals surface area (Å²) in [5, 5.41) is 2.78. The molecule has 0 aliphatic rings. The highest BCUT2D eigenvalue weighted by Crippen LogP contribution is 2.24. The van der Waals surface area contributed by atoms with E-state index in [4.69, 9.17) is 4.74 Å². The number of nitrogens with one attached hydrogen (secondary N) is 2. The molecule has 0 bridgehead atoms. The van der Waals surface area contributed by atoms with Gasteiger partial charge in [-0.05, 0) is 50.6 Å². The number of H-pyrrole nitrogens is 1. The number of benzene rings is 1. The summed E-state index contributed by atoms with van der Waals surface area (Å²) in [5.74, 6) is 1.31. The molecule has 0 radical (unpaired) electrons. The maximum atomic E-state index is 12.1. The Morgan fingerprint density at radius 1 is 1.22 bits per heavy atom. The maximum absolute atomic E-state index is 12.1. The summed E-state index contributed by atoms with van der Waals surface area (Å²) < 4.78 is 5.32. The Bertz CT molecular complexity index is 905. The second kappa shape index (κ2) is 9.41. The molecule has 1 heterocycles. The molecular weight excluding hydrogens is 364 g/mol. The maximum Gasteiger partial charge on any atom is 0.253 e. The molecule has 1 amide bonds. The van der Waals surface area contributed by atoms with Gasteiger partial charge in [-0.2, -0.15) is 0 Å². The van der Waals surface area contributed by atoms with E-state index in [1.54, 1.807) is 25.3 Å². The molecular formula is C20H24N2O4S. The number of carbonyl (C=O) groups excluding carboxylic acids is 2. The fourth-order valence-corrected chi connectivity index (χ4v) is 3.54. The minimum Gasteiger partial charge on any atom is -0.496 e. The molecule has 2 N–H and O–H groups in total. The molecule has 144 valence electrons. The number of amides is 1. The van der Waals surface area contributed by atoms with Gasteiger partial charge in [0.05, 0.1) is 12.9 Å². The third kappa shape index (κ3) is 5.72. The van der Waals surface area contributed by atoms with Crippen LogP contribution < -0.4 is 15.6 Å². The van der Waals surface area contributed by atoms with Gasteiger partial charge >= 0.3 is 0 Å². The van der Waals surface area contributed by atoms with Crippen LogP contribution in [0.3, 0.4) is 0 Å². The molecule has 27 heavy (non-hydrogen) atoms. The predicted molar refractivity (Wildman–Crippen MR) is 108 cm³/mol. The van der Waals surface area contributed by atoms with Crippen LogP contribution in [0.25, 0.3) is 0 Å². The Morgan fingerprint density at radius 3 is 2.59 bits per heavy atom. The highest BCUT2D eigenvalue weighted by atomic mass is 32.2. The highest BCUT2D eigenvalue weighted by Gasteiger charge is 2.10. The molecule has 0 aliphatic heterocycles. The van der Waals surface area contributed by atoms with Crippen molar-refractivity contribution in [1.29, 1.82) is 0 Å². The van der Waals surface area contributed by atoms with E-state index in [9.17, 15) is 14.4 Å². The van der Waals surface area contributed by atoms with Crippen LogP contribution in [-0.4, -0.2) is 29.5 Å². The number of aromatic nitrogens is 1. The third-order valence-electron chi connectivity index (χ3n) is 4.13. The molecule has 0 unspecified atom stereocenters. The van der Waals surface area contributed by atoms with Crippen LogP contribution in [0.4, 0.5) is 0 Å². The molecule has 0 spiro atoms. The molecule has 2 rings (SSSR count). The van der Waals surface area contributed by atoms with Crippen LogP contribution >= 0.6 is 11.8 Å². The van der Waals surface area contributed by atoms with E-state index in [-0.39, 0.29) is 29.5 Å². The van der Waals surface area contributed by atoms with Crippen molar-refractivity contribution in [2.75, 3.05) is 12.9 Å². The number of rotatable bonds is 8. The summed E-state index contributed by atoms with van der Waals surface area (Å²) in [6.07, 6.45) is 0. The van der Waals surface area contributed by atoms with Crippen molar-refractivity contribution >= 4 is 23.5 Å². The van der Waals surface area contributed by atoms with E-state index in [1.165, 1.54) is 18.7 Å². The van der Waals surface area contributed by atoms with Crippen molar-refractivity contribution in [1.82, 2.24) is 10.3 Å². The number of aromatic amines is 1. The lowest BCUT2D eigenvalue weighted by molar-refractivity contribution is -0.118. The lowest BCUT2D eigenvalue weighted by Crippen LogP contribution is -2.29. The van der Waals surface area contributed by atoms with Crippen LogP contribution in [0, 0.1) is 13.8 Å². The van der Waals surface area contributed by atoms with Gasteiger partial charge in [-0.25, -0.2) is 0 Å². The van der Waals surface area contributed by atoms with Crippen molar-refractivity contribution in [2.24, 2.45) is 0 Å². The number of hydrogen-bond donors (Lipinski definition) is 2. The predicted octanol–water partition coefficient (Wildman–Crippen LogP) is 2.75. The van der Waals surface area contributed by atoms with Crippen LogP contribution in [0.15, 0.2) is 29.1 Å². The molecule has 0 fully saturated rings. The third-order valence-corrected chi connectivity index (χ3v) is 5.12. The molecule has 6 nitrogen and oxygen atoms in total. The summed E-state index contributed by atoms with van der Waals surface area (Å²) in [5.41, 5.74) is 3.53. The minimum atomic E-state index is -0.175. The summed E-state index contributed by atoms with van der Waals surface area (Å²) in [7, 11) is 1.57. The van der Waals surface area contributed by atoms with Crippen LogP contribution in [0.1, 0.15) is 39.7 Å². The average Bonchev–Trinajstić information content (AvgIpc) is 2.60.